The molecule has 8 heteroatoms. The van der Waals surface area contributed by atoms with E-state index in [1.807, 2.05) is 60.7 Å². The van der Waals surface area contributed by atoms with E-state index in [4.69, 9.17) is 0 Å². The van der Waals surface area contributed by atoms with E-state index >= 15 is 0 Å². The maximum atomic E-state index is 14.0. The molecular formula is C31H35N4O4+. The van der Waals surface area contributed by atoms with Crippen molar-refractivity contribution < 1.29 is 24.2 Å². The minimum Gasteiger partial charge on any atom is -0.350 e. The topological polar surface area (TPSA) is 101 Å². The number of rotatable bonds is 4. The molecule has 6 rings (SSSR count). The summed E-state index contributed by atoms with van der Waals surface area (Å²) in [6.45, 7) is 1.15. The second-order valence-corrected chi connectivity index (χ2v) is 11.3. The van der Waals surface area contributed by atoms with Gasteiger partial charge in [0.1, 0.15) is 12.0 Å². The van der Waals surface area contributed by atoms with Crippen LogP contribution in [-0.4, -0.2) is 75.8 Å². The smallest absolute Gasteiger partial charge is 0.350 e. The molecule has 1 spiro atoms. The molecule has 8 nitrogen and oxygen atoms in total. The largest absolute Gasteiger partial charge is 0.407 e. The van der Waals surface area contributed by atoms with E-state index in [2.05, 4.69) is 15.2 Å². The molecule has 2 saturated heterocycles. The molecule has 39 heavy (non-hydrogen) atoms. The molecule has 1 aliphatic carbocycles. The first kappa shape index (κ1) is 25.6. The summed E-state index contributed by atoms with van der Waals surface area (Å²) in [6, 6.07) is 18.1. The van der Waals surface area contributed by atoms with Crippen LogP contribution in [0.15, 0.2) is 60.7 Å². The van der Waals surface area contributed by atoms with Gasteiger partial charge >= 0.3 is 5.91 Å². The maximum Gasteiger partial charge on any atom is 0.407 e. The summed E-state index contributed by atoms with van der Waals surface area (Å²) in [5, 5.41) is 3.20. The average Bonchev–Trinajstić information content (AvgIpc) is 3.30. The van der Waals surface area contributed by atoms with Crippen LogP contribution in [0.25, 0.3) is 0 Å². The van der Waals surface area contributed by atoms with Gasteiger partial charge in [0.2, 0.25) is 11.8 Å². The molecule has 2 aromatic carbocycles. The highest BCUT2D eigenvalue weighted by molar-refractivity contribution is 6.08. The highest BCUT2D eigenvalue weighted by atomic mass is 16.2. The Bertz CT molecular complexity index is 1310. The number of hydrogen-bond donors (Lipinski definition) is 2. The molecule has 3 heterocycles. The predicted octanol–water partition coefficient (Wildman–Crippen LogP) is 0.576. The first-order chi connectivity index (χ1) is 19.0. The van der Waals surface area contributed by atoms with Crippen molar-refractivity contribution in [3.8, 4) is 0 Å². The van der Waals surface area contributed by atoms with Crippen LogP contribution in [0.4, 0.5) is 0 Å². The fourth-order valence-electron chi connectivity index (χ4n) is 6.85. The maximum absolute atomic E-state index is 14.0. The lowest BCUT2D eigenvalue weighted by atomic mass is 9.94. The normalized spacial score (nSPS) is 29.7. The first-order valence-electron chi connectivity index (χ1n) is 14.1. The van der Waals surface area contributed by atoms with Gasteiger partial charge in [-0.1, -0.05) is 60.7 Å². The van der Waals surface area contributed by atoms with Gasteiger partial charge in [-0.15, -0.1) is 0 Å². The number of ketones is 1. The van der Waals surface area contributed by atoms with Gasteiger partial charge in [0.05, 0.1) is 18.5 Å². The summed E-state index contributed by atoms with van der Waals surface area (Å²) in [5.41, 5.74) is 1.70. The number of hydrogen-bond acceptors (Lipinski definition) is 5. The summed E-state index contributed by atoms with van der Waals surface area (Å²) in [5.74, 6) is -0.468. The molecule has 0 bridgehead atoms. The Morgan fingerprint density at radius 2 is 1.49 bits per heavy atom. The van der Waals surface area contributed by atoms with Gasteiger partial charge in [-0.25, -0.2) is 4.79 Å². The monoisotopic (exact) mass is 527 g/mol. The molecule has 3 aliphatic heterocycles. The van der Waals surface area contributed by atoms with Gasteiger partial charge in [-0.2, -0.15) is 4.99 Å². The summed E-state index contributed by atoms with van der Waals surface area (Å²) in [6.07, 6.45) is 4.04. The Kier molecular flexibility index (Phi) is 6.89. The number of carbonyl (C=O) groups excluding carboxylic acids is 4. The third-order valence-corrected chi connectivity index (χ3v) is 8.81. The summed E-state index contributed by atoms with van der Waals surface area (Å²) in [7, 11) is 0. The van der Waals surface area contributed by atoms with E-state index < -0.39 is 23.7 Å². The third-order valence-electron chi connectivity index (χ3n) is 8.81. The number of carbonyl (C=O) groups is 4. The van der Waals surface area contributed by atoms with Crippen molar-refractivity contribution in [2.45, 2.75) is 75.0 Å². The van der Waals surface area contributed by atoms with Gasteiger partial charge in [0.25, 0.3) is 0 Å². The predicted molar refractivity (Wildman–Crippen MR) is 145 cm³/mol. The Morgan fingerprint density at radius 3 is 2.18 bits per heavy atom. The number of fused-ring (bicyclic) bond motifs is 3. The zero-order valence-electron chi connectivity index (χ0n) is 22.1. The molecular weight excluding hydrogens is 492 g/mol. The number of nitrogens with zero attached hydrogens (tertiary/aromatic N) is 2. The first-order valence-corrected chi connectivity index (χ1v) is 14.1. The van der Waals surface area contributed by atoms with Crippen molar-refractivity contribution in [2.75, 3.05) is 13.1 Å². The Morgan fingerprint density at radius 1 is 0.846 bits per heavy atom. The quantitative estimate of drug-likeness (QED) is 0.606. The third kappa shape index (κ3) is 4.93. The van der Waals surface area contributed by atoms with Gasteiger partial charge in [0, 0.05) is 19.5 Å². The summed E-state index contributed by atoms with van der Waals surface area (Å²) < 4.78 is 0. The van der Waals surface area contributed by atoms with Crippen LogP contribution in [0.1, 0.15) is 49.7 Å². The van der Waals surface area contributed by atoms with Crippen LogP contribution in [-0.2, 0) is 32.0 Å². The van der Waals surface area contributed by atoms with Gasteiger partial charge < -0.3 is 10.2 Å². The van der Waals surface area contributed by atoms with Crippen molar-refractivity contribution in [2.24, 2.45) is 0 Å². The second-order valence-electron chi connectivity index (χ2n) is 11.3. The molecule has 0 radical (unpaired) electrons. The molecule has 1 unspecified atom stereocenters. The second kappa shape index (κ2) is 10.5. The lowest BCUT2D eigenvalue weighted by Crippen LogP contribution is -2.82. The number of amides is 3. The number of nitrogens with one attached hydrogen (secondary N) is 2. The van der Waals surface area contributed by atoms with Gasteiger partial charge in [0.15, 0.2) is 17.5 Å². The van der Waals surface area contributed by atoms with Crippen LogP contribution >= 0.6 is 0 Å². The van der Waals surface area contributed by atoms with E-state index in [0.29, 0.717) is 50.9 Å². The molecule has 0 aromatic heterocycles. The van der Waals surface area contributed by atoms with E-state index in [1.165, 1.54) is 0 Å². The zero-order chi connectivity index (χ0) is 27.0. The van der Waals surface area contributed by atoms with Crippen molar-refractivity contribution in [3.63, 3.8) is 0 Å². The Hall–Kier alpha value is -3.65. The molecule has 3 amide bonds. The molecule has 4 aliphatic rings. The van der Waals surface area contributed by atoms with Crippen molar-refractivity contribution in [3.05, 3.63) is 71.8 Å². The lowest BCUT2D eigenvalue weighted by Gasteiger charge is -2.38. The van der Waals surface area contributed by atoms with Gasteiger partial charge in [-0.05, 0) is 43.2 Å². The minimum atomic E-state index is -0.900. The molecule has 202 valence electrons. The van der Waals surface area contributed by atoms with Crippen molar-refractivity contribution >= 4 is 29.2 Å². The fourth-order valence-corrected chi connectivity index (χ4v) is 6.85. The minimum absolute atomic E-state index is 0.0142. The van der Waals surface area contributed by atoms with Crippen LogP contribution in [0, 0.1) is 0 Å². The number of benzene rings is 2. The van der Waals surface area contributed by atoms with Crippen molar-refractivity contribution in [1.82, 2.24) is 15.1 Å². The summed E-state index contributed by atoms with van der Waals surface area (Å²) in [4.78, 5) is 61.2. The van der Waals surface area contributed by atoms with E-state index in [9.17, 15) is 19.2 Å². The molecule has 1 saturated carbocycles. The highest BCUT2D eigenvalue weighted by Gasteiger charge is 2.66. The average molecular weight is 528 g/mol. The van der Waals surface area contributed by atoms with Crippen molar-refractivity contribution in [1.29, 1.82) is 0 Å². The summed E-state index contributed by atoms with van der Waals surface area (Å²) >= 11 is 0. The fraction of sp³-hybridized carbons (Fsp3) is 0.452. The van der Waals surface area contributed by atoms with Gasteiger partial charge in [-0.3, -0.25) is 19.3 Å². The molecule has 2 N–H and O–H groups in total. The van der Waals surface area contributed by atoms with E-state index in [1.54, 1.807) is 4.90 Å². The van der Waals surface area contributed by atoms with E-state index in [0.717, 1.165) is 24.0 Å². The standard InChI is InChI=1S/C31H34N4O4/c36-27-20-31(27)26(18-22-11-5-2-6-12-22)33-28(37)19-23(17-21-9-3-1-4-10-21)32-29(38)24-13-7-15-34(24)30(39)25-14-8-16-35(25)31/h1-6,9-12,24-26H,7-8,13-20H2,(H,33,37)/p+1/t24-,25-,26-,31?/m1/s1. The van der Waals surface area contributed by atoms with Crippen LogP contribution < -0.4 is 10.3 Å². The zero-order valence-corrected chi connectivity index (χ0v) is 22.1. The Balaban J connectivity index is 1.40. The molecule has 4 atom stereocenters. The highest BCUT2D eigenvalue weighted by Crippen LogP contribution is 2.46. The Labute approximate surface area is 228 Å². The van der Waals surface area contributed by atoms with Crippen LogP contribution in [0.5, 0.6) is 0 Å². The SMILES string of the molecule is O=C1CC(Cc2ccccc2)=[NH+]C(=O)[C@H]2CCCN2C(=O)[C@H]2CCCN2C2(CC2=O)[C@@H](Cc2ccccc2)N1. The van der Waals surface area contributed by atoms with Crippen LogP contribution in [0.3, 0.4) is 0 Å². The molecule has 3 fully saturated rings. The van der Waals surface area contributed by atoms with Crippen LogP contribution in [0.2, 0.25) is 0 Å². The molecule has 2 aromatic rings. The number of Topliss-reactive ketones (excluding diaryl/α,β-unsaturated/α-hetero) is 1. The lowest BCUT2D eigenvalue weighted by molar-refractivity contribution is -0.383. The van der Waals surface area contributed by atoms with E-state index in [-0.39, 0.29) is 29.9 Å².